The first-order valence-electron chi connectivity index (χ1n) is 17.2. The number of ether oxygens (including phenoxy) is 1. The number of nitrogens with zero attached hydrogens (tertiary/aromatic N) is 7. The minimum Gasteiger partial charge on any atom is -0.378 e. The van der Waals surface area contributed by atoms with Crippen molar-refractivity contribution in [2.45, 2.75) is 51.6 Å². The SMILES string of the molecule is CC[C@H]1CN(C2COC2)CCN1c1ccc(Nc2cc(-c3ccnc(-n4ncc5cc(C(C)(C)C)cc(F)c5c4=O)c3C=O)cn(C)c2=O)nc1. The molecule has 13 heteroatoms. The molecule has 1 atom stereocenters. The fraction of sp³-hybridized carbons (Fsp3) is 0.368. The molecule has 1 N–H and O–H groups in total. The van der Waals surface area contributed by atoms with Gasteiger partial charge in [0.2, 0.25) is 0 Å². The number of hydrogen-bond acceptors (Lipinski definition) is 10. The number of aldehydes is 1. The summed E-state index contributed by atoms with van der Waals surface area (Å²) in [4.78, 5) is 53.4. The fourth-order valence-corrected chi connectivity index (χ4v) is 6.87. The molecule has 0 amide bonds. The summed E-state index contributed by atoms with van der Waals surface area (Å²) in [5.74, 6) is -0.243. The van der Waals surface area contributed by atoms with Gasteiger partial charge in [-0.05, 0) is 59.4 Å². The van der Waals surface area contributed by atoms with E-state index in [-0.39, 0.29) is 33.4 Å². The summed E-state index contributed by atoms with van der Waals surface area (Å²) in [5, 5.41) is 7.65. The molecule has 6 heterocycles. The van der Waals surface area contributed by atoms with Crippen molar-refractivity contribution in [3.63, 3.8) is 0 Å². The van der Waals surface area contributed by atoms with Crippen molar-refractivity contribution in [3.05, 3.63) is 98.8 Å². The highest BCUT2D eigenvalue weighted by molar-refractivity contribution is 5.92. The Morgan fingerprint density at radius 3 is 2.51 bits per heavy atom. The molecule has 12 nitrogen and oxygen atoms in total. The van der Waals surface area contributed by atoms with Crippen LogP contribution < -0.4 is 21.3 Å². The first-order chi connectivity index (χ1) is 24.5. The molecule has 2 aliphatic rings. The van der Waals surface area contributed by atoms with Crippen LogP contribution in [0.25, 0.3) is 27.7 Å². The highest BCUT2D eigenvalue weighted by Crippen LogP contribution is 2.30. The van der Waals surface area contributed by atoms with Crippen LogP contribution in [0.2, 0.25) is 0 Å². The predicted molar refractivity (Wildman–Crippen MR) is 195 cm³/mol. The lowest BCUT2D eigenvalue weighted by Gasteiger charge is -2.47. The Morgan fingerprint density at radius 1 is 1.04 bits per heavy atom. The first kappa shape index (κ1) is 34.2. The van der Waals surface area contributed by atoms with Gasteiger partial charge in [0, 0.05) is 56.1 Å². The van der Waals surface area contributed by atoms with Gasteiger partial charge in [-0.1, -0.05) is 27.7 Å². The Labute approximate surface area is 294 Å². The lowest BCUT2D eigenvalue weighted by Crippen LogP contribution is -2.60. The van der Waals surface area contributed by atoms with Gasteiger partial charge in [0.15, 0.2) is 12.1 Å². The van der Waals surface area contributed by atoms with Crippen molar-refractivity contribution in [1.82, 2.24) is 29.2 Å². The summed E-state index contributed by atoms with van der Waals surface area (Å²) in [6.07, 6.45) is 7.85. The Hall–Kier alpha value is -5.27. The number of halogens is 1. The van der Waals surface area contributed by atoms with Crippen LogP contribution >= 0.6 is 0 Å². The number of nitrogens with one attached hydrogen (secondary N) is 1. The lowest BCUT2D eigenvalue weighted by molar-refractivity contribution is -0.0698. The molecule has 0 bridgehead atoms. The molecule has 0 spiro atoms. The zero-order valence-electron chi connectivity index (χ0n) is 29.4. The summed E-state index contributed by atoms with van der Waals surface area (Å²) in [6, 6.07) is 11.1. The Kier molecular flexibility index (Phi) is 9.02. The Balaban J connectivity index is 1.18. The smallest absolute Gasteiger partial charge is 0.283 e. The van der Waals surface area contributed by atoms with E-state index in [0.717, 1.165) is 55.2 Å². The van der Waals surface area contributed by atoms with Crippen LogP contribution in [-0.4, -0.2) is 80.4 Å². The molecule has 0 aliphatic carbocycles. The molecular weight excluding hydrogens is 651 g/mol. The van der Waals surface area contributed by atoms with Crippen LogP contribution in [-0.2, 0) is 17.2 Å². The number of carbonyl (C=O) groups is 1. The van der Waals surface area contributed by atoms with E-state index in [1.54, 1.807) is 31.4 Å². The van der Waals surface area contributed by atoms with E-state index in [9.17, 15) is 14.4 Å². The van der Waals surface area contributed by atoms with Crippen LogP contribution in [0.4, 0.5) is 21.6 Å². The summed E-state index contributed by atoms with van der Waals surface area (Å²) >= 11 is 0. The third-order valence-corrected chi connectivity index (χ3v) is 9.95. The number of aromatic nitrogens is 5. The number of piperazine rings is 1. The highest BCUT2D eigenvalue weighted by Gasteiger charge is 2.33. The lowest BCUT2D eigenvalue weighted by atomic mass is 9.86. The first-order valence-corrected chi connectivity index (χ1v) is 17.2. The van der Waals surface area contributed by atoms with Crippen LogP contribution in [0.1, 0.15) is 50.0 Å². The van der Waals surface area contributed by atoms with Gasteiger partial charge in [-0.15, -0.1) is 0 Å². The minimum absolute atomic E-state index is 0.0541. The largest absolute Gasteiger partial charge is 0.378 e. The van der Waals surface area contributed by atoms with Gasteiger partial charge >= 0.3 is 0 Å². The minimum atomic E-state index is -0.740. The highest BCUT2D eigenvalue weighted by atomic mass is 19.1. The van der Waals surface area contributed by atoms with Crippen molar-refractivity contribution >= 4 is 34.3 Å². The van der Waals surface area contributed by atoms with E-state index >= 15 is 4.39 Å². The third kappa shape index (κ3) is 6.43. The molecule has 51 heavy (non-hydrogen) atoms. The van der Waals surface area contributed by atoms with Gasteiger partial charge in [-0.25, -0.2) is 14.4 Å². The van der Waals surface area contributed by atoms with Crippen molar-refractivity contribution in [3.8, 4) is 16.9 Å². The average molecular weight is 693 g/mol. The molecule has 2 fully saturated rings. The number of hydrogen-bond donors (Lipinski definition) is 1. The maximum atomic E-state index is 15.4. The van der Waals surface area contributed by atoms with Crippen molar-refractivity contribution in [2.24, 2.45) is 7.05 Å². The van der Waals surface area contributed by atoms with Gasteiger partial charge in [-0.2, -0.15) is 9.78 Å². The summed E-state index contributed by atoms with van der Waals surface area (Å²) in [7, 11) is 1.61. The van der Waals surface area contributed by atoms with Crippen molar-refractivity contribution in [1.29, 1.82) is 0 Å². The van der Waals surface area contributed by atoms with E-state index in [0.29, 0.717) is 40.7 Å². The molecular formula is C38H41FN8O4. The normalized spacial score (nSPS) is 17.1. The molecule has 1 aromatic carbocycles. The standard InChI is InChI=1S/C38H41FN8O4/c1-6-26-19-45(28-21-51-22-28)11-12-46(26)27-7-8-33(41-17-27)43-32-14-24(18-44(5)36(32)49)29-9-10-40-35(30(29)20-48)47-37(50)34-23(16-42-47)13-25(15-31(34)39)38(2,3)4/h7-10,13-18,20,26,28H,6,11-12,19,21-22H2,1-5H3,(H,41,43)/t26-/m0/s1. The monoisotopic (exact) mass is 692 g/mol. The Morgan fingerprint density at radius 2 is 1.84 bits per heavy atom. The Bertz CT molecular complexity index is 2240. The van der Waals surface area contributed by atoms with Crippen LogP contribution in [0.15, 0.2) is 70.8 Å². The van der Waals surface area contributed by atoms with E-state index in [1.807, 2.05) is 39.1 Å². The predicted octanol–water partition coefficient (Wildman–Crippen LogP) is 4.83. The summed E-state index contributed by atoms with van der Waals surface area (Å²) in [6.45, 7) is 12.5. The second kappa shape index (κ2) is 13.5. The molecule has 0 radical (unpaired) electrons. The molecule has 2 aliphatic heterocycles. The molecule has 264 valence electrons. The molecule has 0 saturated carbocycles. The van der Waals surface area contributed by atoms with Gasteiger partial charge in [0.25, 0.3) is 11.1 Å². The zero-order chi connectivity index (χ0) is 36.0. The zero-order valence-corrected chi connectivity index (χ0v) is 29.4. The number of benzene rings is 1. The second-order valence-electron chi connectivity index (χ2n) is 14.3. The number of anilines is 3. The van der Waals surface area contributed by atoms with E-state index < -0.39 is 11.4 Å². The molecule has 7 rings (SSSR count). The average Bonchev–Trinajstić information content (AvgIpc) is 3.09. The van der Waals surface area contributed by atoms with Crippen LogP contribution in [0.3, 0.4) is 0 Å². The van der Waals surface area contributed by atoms with Gasteiger partial charge in [0.1, 0.15) is 17.3 Å². The maximum Gasteiger partial charge on any atom is 0.283 e. The van der Waals surface area contributed by atoms with E-state index in [1.165, 1.54) is 23.0 Å². The second-order valence-corrected chi connectivity index (χ2v) is 14.3. The van der Waals surface area contributed by atoms with E-state index in [4.69, 9.17) is 4.74 Å². The quantitative estimate of drug-likeness (QED) is 0.226. The maximum absolute atomic E-state index is 15.4. The van der Waals surface area contributed by atoms with Gasteiger partial charge in [0.05, 0.1) is 48.3 Å². The molecule has 0 unspecified atom stereocenters. The molecule has 4 aromatic heterocycles. The van der Waals surface area contributed by atoms with Crippen molar-refractivity contribution < 1.29 is 13.9 Å². The third-order valence-electron chi connectivity index (χ3n) is 9.95. The number of rotatable bonds is 8. The van der Waals surface area contributed by atoms with Crippen molar-refractivity contribution in [2.75, 3.05) is 43.1 Å². The summed E-state index contributed by atoms with van der Waals surface area (Å²) < 4.78 is 23.1. The fourth-order valence-electron chi connectivity index (χ4n) is 6.87. The van der Waals surface area contributed by atoms with Crippen LogP contribution in [0.5, 0.6) is 0 Å². The van der Waals surface area contributed by atoms with Gasteiger partial charge < -0.3 is 19.5 Å². The molecule has 5 aromatic rings. The number of aryl methyl sites for hydroxylation is 1. The van der Waals surface area contributed by atoms with Crippen LogP contribution in [0, 0.1) is 5.82 Å². The van der Waals surface area contributed by atoms with Gasteiger partial charge in [-0.3, -0.25) is 19.3 Å². The molecule has 2 saturated heterocycles. The summed E-state index contributed by atoms with van der Waals surface area (Å²) in [5.41, 5.74) is 1.58. The number of fused-ring (bicyclic) bond motifs is 1. The topological polar surface area (TPSA) is 127 Å². The number of pyridine rings is 3. The number of carbonyl (C=O) groups excluding carboxylic acids is 1. The van der Waals surface area contributed by atoms with E-state index in [2.05, 4.69) is 37.1 Å².